The number of nitriles is 1. The maximum Gasteiger partial charge on any atom is 0.245 e. The summed E-state index contributed by atoms with van der Waals surface area (Å²) in [6.07, 6.45) is 0.0584. The van der Waals surface area contributed by atoms with Gasteiger partial charge in [0.25, 0.3) is 0 Å². The second kappa shape index (κ2) is 13.7. The lowest BCUT2D eigenvalue weighted by Gasteiger charge is -2.43. The molecule has 14 heteroatoms. The first-order chi connectivity index (χ1) is 23.3. The van der Waals surface area contributed by atoms with Gasteiger partial charge in [-0.2, -0.15) is 10.2 Å². The number of carbonyl (C=O) groups excluding carboxylic acids is 2. The van der Waals surface area contributed by atoms with Gasteiger partial charge in [-0.1, -0.05) is 0 Å². The van der Waals surface area contributed by atoms with Crippen LogP contribution >= 0.6 is 0 Å². The number of halogens is 1. The van der Waals surface area contributed by atoms with Gasteiger partial charge in [-0.25, -0.2) is 14.4 Å². The summed E-state index contributed by atoms with van der Waals surface area (Å²) < 4.78 is 26.7. The first-order valence-corrected chi connectivity index (χ1v) is 16.4. The Hall–Kier alpha value is -4.87. The van der Waals surface area contributed by atoms with Crippen molar-refractivity contribution in [3.8, 4) is 23.2 Å². The predicted molar refractivity (Wildman–Crippen MR) is 174 cm³/mol. The number of likely N-dealkylation sites (tertiary alicyclic amines) is 1. The number of benzene rings is 2. The number of aromatic nitrogens is 3. The molecule has 250 valence electrons. The predicted octanol–water partition coefficient (Wildman–Crippen LogP) is 2.66. The number of hydrogen-bond donors (Lipinski definition) is 2. The van der Waals surface area contributed by atoms with Crippen LogP contribution in [0.5, 0.6) is 5.75 Å². The minimum atomic E-state index is -1.46. The molecule has 5 heterocycles. The molecule has 0 aliphatic carbocycles. The number of nitrogens with zero attached hydrogens (tertiary/aromatic N) is 7. The standard InChI is InChI=1S/C34H38FN9O4/c1-21-14-30(27(35)17-44(21)33(46)28-7-9-31(45)40-28)48-29-8-2-22(15-23(29)16-36)32-37-20-38-34(41-32)39-24-3-5-25(6-4-24)42-10-12-43(13-11-42)26-18-47-19-26/h2-6,8,15,20-21,26-28,30H,7,9-14,17-19H2,1H3,(H,40,45)(H,37,38,39,41)/t21-,27-,28+,30?/m0/s1. The number of nitrogens with one attached hydrogen (secondary N) is 2. The molecule has 0 radical (unpaired) electrons. The highest BCUT2D eigenvalue weighted by Gasteiger charge is 2.41. The molecule has 4 aliphatic heterocycles. The third-order valence-corrected chi connectivity index (χ3v) is 9.60. The lowest BCUT2D eigenvalue weighted by atomic mass is 9.97. The second-order valence-electron chi connectivity index (χ2n) is 12.7. The van der Waals surface area contributed by atoms with E-state index in [1.165, 1.54) is 16.9 Å². The van der Waals surface area contributed by atoms with Gasteiger partial charge in [0, 0.05) is 62.0 Å². The third-order valence-electron chi connectivity index (χ3n) is 9.60. The third kappa shape index (κ3) is 6.74. The number of rotatable bonds is 8. The molecule has 7 rings (SSSR count). The molecule has 1 unspecified atom stereocenters. The van der Waals surface area contributed by atoms with Crippen molar-refractivity contribution in [3.05, 3.63) is 54.4 Å². The monoisotopic (exact) mass is 655 g/mol. The number of piperidine rings is 1. The van der Waals surface area contributed by atoms with Gasteiger partial charge in [-0.05, 0) is 55.8 Å². The van der Waals surface area contributed by atoms with Crippen LogP contribution in [0.15, 0.2) is 48.8 Å². The maximum atomic E-state index is 15.3. The Morgan fingerprint density at radius 1 is 1.12 bits per heavy atom. The summed E-state index contributed by atoms with van der Waals surface area (Å²) in [4.78, 5) is 44.0. The molecule has 0 spiro atoms. The molecule has 3 aromatic rings. The number of ether oxygens (including phenoxy) is 2. The Kier molecular flexibility index (Phi) is 9.05. The van der Waals surface area contributed by atoms with E-state index in [0.29, 0.717) is 36.2 Å². The Morgan fingerprint density at radius 3 is 2.60 bits per heavy atom. The molecule has 4 fully saturated rings. The summed E-state index contributed by atoms with van der Waals surface area (Å²) >= 11 is 0. The Balaban J connectivity index is 0.969. The number of hydrogen-bond acceptors (Lipinski definition) is 11. The maximum absolute atomic E-state index is 15.3. The number of alkyl halides is 1. The van der Waals surface area contributed by atoms with Gasteiger partial charge in [0.05, 0.1) is 31.4 Å². The highest BCUT2D eigenvalue weighted by Crippen LogP contribution is 2.31. The van der Waals surface area contributed by atoms with Crippen molar-refractivity contribution in [2.75, 3.05) is 56.2 Å². The largest absolute Gasteiger partial charge is 0.486 e. The van der Waals surface area contributed by atoms with E-state index >= 15 is 4.39 Å². The summed E-state index contributed by atoms with van der Waals surface area (Å²) in [5.41, 5.74) is 2.79. The van der Waals surface area contributed by atoms with Gasteiger partial charge in [-0.15, -0.1) is 0 Å². The average molecular weight is 656 g/mol. The first-order valence-electron chi connectivity index (χ1n) is 16.4. The number of amides is 2. The number of piperazine rings is 1. The van der Waals surface area contributed by atoms with E-state index in [2.05, 4.69) is 53.6 Å². The van der Waals surface area contributed by atoms with Gasteiger partial charge in [0.2, 0.25) is 17.8 Å². The molecular weight excluding hydrogens is 617 g/mol. The molecule has 2 amide bonds. The molecule has 1 aromatic heterocycles. The van der Waals surface area contributed by atoms with Crippen molar-refractivity contribution in [2.24, 2.45) is 0 Å². The molecule has 48 heavy (non-hydrogen) atoms. The SMILES string of the molecule is C[C@H]1CC(Oc2ccc(-c3ncnc(Nc4ccc(N5CCN(C6COC6)CC5)cc4)n3)cc2C#N)[C@@H](F)CN1C(=O)[C@H]1CCC(=O)N1. The van der Waals surface area contributed by atoms with E-state index in [1.807, 2.05) is 19.1 Å². The second-order valence-corrected chi connectivity index (χ2v) is 12.7. The normalized spacial score (nSPS) is 24.8. The molecule has 4 saturated heterocycles. The van der Waals surface area contributed by atoms with Crippen molar-refractivity contribution < 1.29 is 23.5 Å². The minimum absolute atomic E-state index is 0.145. The molecule has 13 nitrogen and oxygen atoms in total. The quantitative estimate of drug-likeness (QED) is 0.369. The van der Waals surface area contributed by atoms with Crippen LogP contribution in [0.3, 0.4) is 0 Å². The molecule has 0 saturated carbocycles. The Labute approximate surface area is 278 Å². The van der Waals surface area contributed by atoms with Crippen LogP contribution in [0.2, 0.25) is 0 Å². The van der Waals surface area contributed by atoms with Crippen LogP contribution in [-0.4, -0.2) is 113 Å². The summed E-state index contributed by atoms with van der Waals surface area (Å²) in [6.45, 7) is 7.39. The molecule has 2 aromatic carbocycles. The lowest BCUT2D eigenvalue weighted by molar-refractivity contribution is -0.141. The fraction of sp³-hybridized carbons (Fsp3) is 0.471. The van der Waals surface area contributed by atoms with Crippen molar-refractivity contribution in [1.29, 1.82) is 5.26 Å². The fourth-order valence-electron chi connectivity index (χ4n) is 6.71. The highest BCUT2D eigenvalue weighted by atomic mass is 19.1. The molecule has 0 bridgehead atoms. The van der Waals surface area contributed by atoms with E-state index in [4.69, 9.17) is 9.47 Å². The van der Waals surface area contributed by atoms with E-state index in [1.54, 1.807) is 18.2 Å². The zero-order valence-electron chi connectivity index (χ0n) is 26.7. The smallest absolute Gasteiger partial charge is 0.245 e. The molecule has 4 atom stereocenters. The molecular formula is C34H38FN9O4. The average Bonchev–Trinajstić information content (AvgIpc) is 3.52. The van der Waals surface area contributed by atoms with Crippen LogP contribution < -0.4 is 20.3 Å². The number of anilines is 3. The Morgan fingerprint density at radius 2 is 1.92 bits per heavy atom. The van der Waals surface area contributed by atoms with Crippen molar-refractivity contribution >= 4 is 29.1 Å². The van der Waals surface area contributed by atoms with Gasteiger partial charge < -0.3 is 29.9 Å². The van der Waals surface area contributed by atoms with Crippen LogP contribution in [0.1, 0.15) is 31.7 Å². The summed E-state index contributed by atoms with van der Waals surface area (Å²) in [6, 6.07) is 14.9. The summed E-state index contributed by atoms with van der Waals surface area (Å²) in [5, 5.41) is 15.8. The van der Waals surface area contributed by atoms with Crippen molar-refractivity contribution in [3.63, 3.8) is 0 Å². The Bertz CT molecular complexity index is 1690. The van der Waals surface area contributed by atoms with Gasteiger partial charge in [0.15, 0.2) is 12.0 Å². The topological polar surface area (TPSA) is 149 Å². The fourth-order valence-corrected chi connectivity index (χ4v) is 6.71. The first kappa shape index (κ1) is 31.7. The van der Waals surface area contributed by atoms with Crippen LogP contribution in [0.4, 0.5) is 21.7 Å². The van der Waals surface area contributed by atoms with Crippen molar-refractivity contribution in [1.82, 2.24) is 30.1 Å². The molecule has 2 N–H and O–H groups in total. The van der Waals surface area contributed by atoms with Gasteiger partial charge >= 0.3 is 0 Å². The lowest BCUT2D eigenvalue weighted by Crippen LogP contribution is -2.57. The van der Waals surface area contributed by atoms with E-state index in [0.717, 1.165) is 45.1 Å². The van der Waals surface area contributed by atoms with Gasteiger partial charge in [0.1, 0.15) is 30.3 Å². The van der Waals surface area contributed by atoms with E-state index in [-0.39, 0.29) is 42.1 Å². The van der Waals surface area contributed by atoms with Crippen LogP contribution in [0.25, 0.3) is 11.4 Å². The molecule has 4 aliphatic rings. The highest BCUT2D eigenvalue weighted by molar-refractivity contribution is 5.91. The summed E-state index contributed by atoms with van der Waals surface area (Å²) in [7, 11) is 0. The zero-order valence-corrected chi connectivity index (χ0v) is 26.7. The van der Waals surface area contributed by atoms with E-state index in [9.17, 15) is 14.9 Å². The van der Waals surface area contributed by atoms with E-state index < -0.39 is 18.3 Å². The van der Waals surface area contributed by atoms with Crippen molar-refractivity contribution in [2.45, 2.75) is 56.6 Å². The van der Waals surface area contributed by atoms with Crippen LogP contribution in [-0.2, 0) is 14.3 Å². The number of carbonyl (C=O) groups is 2. The van der Waals surface area contributed by atoms with Crippen LogP contribution in [0, 0.1) is 11.3 Å². The van der Waals surface area contributed by atoms with Gasteiger partial charge in [-0.3, -0.25) is 14.5 Å². The summed E-state index contributed by atoms with van der Waals surface area (Å²) in [5.74, 6) is 0.526. The minimum Gasteiger partial charge on any atom is -0.486 e. The zero-order chi connectivity index (χ0) is 33.2.